The molecule has 1 aliphatic rings. The molecule has 6 heteroatoms. The van der Waals surface area contributed by atoms with Crippen LogP contribution in [0.15, 0.2) is 24.3 Å². The summed E-state index contributed by atoms with van der Waals surface area (Å²) in [6.45, 7) is 7.91. The number of hydrogen-bond acceptors (Lipinski definition) is 6. The summed E-state index contributed by atoms with van der Waals surface area (Å²) in [5.41, 5.74) is 8.98. The number of methoxy groups -OCH3 is 2. The lowest BCUT2D eigenvalue weighted by Gasteiger charge is -2.18. The number of anilines is 1. The average Bonchev–Trinajstić information content (AvgIpc) is 3.03. The van der Waals surface area contributed by atoms with Crippen molar-refractivity contribution in [1.29, 1.82) is 0 Å². The highest BCUT2D eigenvalue weighted by Crippen LogP contribution is 2.51. The molecule has 0 spiro atoms. The van der Waals surface area contributed by atoms with Gasteiger partial charge in [0.2, 0.25) is 0 Å². The van der Waals surface area contributed by atoms with E-state index in [-0.39, 0.29) is 5.78 Å². The molecule has 0 fully saturated rings. The van der Waals surface area contributed by atoms with Crippen LogP contribution in [0.3, 0.4) is 0 Å². The molecule has 0 saturated carbocycles. The van der Waals surface area contributed by atoms with Crippen LogP contribution in [0.4, 0.5) is 5.69 Å². The van der Waals surface area contributed by atoms with Crippen molar-refractivity contribution in [3.05, 3.63) is 35.4 Å². The Kier molecular flexibility index (Phi) is 6.09. The molecule has 2 N–H and O–H groups in total. The summed E-state index contributed by atoms with van der Waals surface area (Å²) < 4.78 is 17.0. The smallest absolute Gasteiger partial charge is 0.196 e. The normalized spacial score (nSPS) is 12.1. The van der Waals surface area contributed by atoms with Crippen LogP contribution in [0.5, 0.6) is 17.2 Å². The molecule has 0 aliphatic heterocycles. The minimum Gasteiger partial charge on any atom is -0.496 e. The predicted molar refractivity (Wildman–Crippen MR) is 111 cm³/mol. The van der Waals surface area contributed by atoms with Gasteiger partial charge in [-0.3, -0.25) is 4.79 Å². The number of ketones is 1. The first-order valence-electron chi connectivity index (χ1n) is 9.64. The van der Waals surface area contributed by atoms with Crippen LogP contribution in [-0.4, -0.2) is 51.1 Å². The molecule has 2 aromatic carbocycles. The van der Waals surface area contributed by atoms with Gasteiger partial charge >= 0.3 is 0 Å². The van der Waals surface area contributed by atoms with E-state index >= 15 is 0 Å². The molecule has 3 rings (SSSR count). The molecule has 0 aromatic heterocycles. The minimum absolute atomic E-state index is 0.131. The molecular weight excluding hydrogens is 356 g/mol. The summed E-state index contributed by atoms with van der Waals surface area (Å²) in [4.78, 5) is 15.4. The highest BCUT2D eigenvalue weighted by molar-refractivity contribution is 6.26. The predicted octanol–water partition coefficient (Wildman–Crippen LogP) is 3.61. The van der Waals surface area contributed by atoms with Gasteiger partial charge < -0.3 is 24.8 Å². The highest BCUT2D eigenvalue weighted by Gasteiger charge is 2.35. The quantitative estimate of drug-likeness (QED) is 0.449. The van der Waals surface area contributed by atoms with Crippen molar-refractivity contribution in [3.8, 4) is 28.4 Å². The van der Waals surface area contributed by atoms with Gasteiger partial charge in [-0.1, -0.05) is 26.0 Å². The molecule has 6 nitrogen and oxygen atoms in total. The first-order chi connectivity index (χ1) is 13.6. The topological polar surface area (TPSA) is 74.0 Å². The van der Waals surface area contributed by atoms with Crippen LogP contribution in [-0.2, 0) is 0 Å². The average molecular weight is 384 g/mol. The van der Waals surface area contributed by atoms with Gasteiger partial charge in [0, 0.05) is 29.3 Å². The van der Waals surface area contributed by atoms with Gasteiger partial charge in [0.05, 0.1) is 32.1 Å². The maximum absolute atomic E-state index is 13.0. The number of nitrogen functional groups attached to an aromatic ring is 1. The zero-order chi connectivity index (χ0) is 20.3. The Morgan fingerprint density at radius 3 is 2.32 bits per heavy atom. The van der Waals surface area contributed by atoms with E-state index in [0.717, 1.165) is 31.6 Å². The van der Waals surface area contributed by atoms with E-state index in [1.807, 2.05) is 12.1 Å². The molecule has 0 radical (unpaired) electrons. The van der Waals surface area contributed by atoms with Crippen LogP contribution in [0.2, 0.25) is 0 Å². The lowest BCUT2D eigenvalue weighted by atomic mass is 10.0. The molecule has 0 atom stereocenters. The third-order valence-corrected chi connectivity index (χ3v) is 5.25. The molecule has 0 amide bonds. The zero-order valence-electron chi connectivity index (χ0n) is 17.0. The Hall–Kier alpha value is -2.73. The van der Waals surface area contributed by atoms with Crippen molar-refractivity contribution in [2.75, 3.05) is 46.2 Å². The molecule has 1 aliphatic carbocycles. The summed E-state index contributed by atoms with van der Waals surface area (Å²) in [7, 11) is 3.09. The van der Waals surface area contributed by atoms with Gasteiger partial charge in [0.1, 0.15) is 17.2 Å². The lowest BCUT2D eigenvalue weighted by molar-refractivity contribution is 0.104. The fraction of sp³-hybridized carbons (Fsp3) is 0.409. The fourth-order valence-corrected chi connectivity index (χ4v) is 3.71. The number of nitrogens with zero attached hydrogens (tertiary/aromatic N) is 1. The number of hydrogen-bond donors (Lipinski definition) is 1. The highest BCUT2D eigenvalue weighted by atomic mass is 16.5. The van der Waals surface area contributed by atoms with Gasteiger partial charge in [0.25, 0.3) is 0 Å². The summed E-state index contributed by atoms with van der Waals surface area (Å²) in [6, 6.07) is 7.24. The number of rotatable bonds is 9. The maximum atomic E-state index is 13.0. The molecule has 0 saturated heterocycles. The first kappa shape index (κ1) is 20.0. The largest absolute Gasteiger partial charge is 0.496 e. The third-order valence-electron chi connectivity index (χ3n) is 5.25. The SMILES string of the molecule is CCN(CC)CCCOc1cccc2c1-c1c(OC)cc(OC)c(N)c1C2=O. The van der Waals surface area contributed by atoms with E-state index in [9.17, 15) is 4.79 Å². The van der Waals surface area contributed by atoms with Gasteiger partial charge in [-0.05, 0) is 25.6 Å². The second-order valence-electron chi connectivity index (χ2n) is 6.68. The Morgan fingerprint density at radius 2 is 1.68 bits per heavy atom. The van der Waals surface area contributed by atoms with Crippen molar-refractivity contribution < 1.29 is 19.0 Å². The number of benzene rings is 2. The summed E-state index contributed by atoms with van der Waals surface area (Å²) in [6.07, 6.45) is 0.911. The Morgan fingerprint density at radius 1 is 0.964 bits per heavy atom. The van der Waals surface area contributed by atoms with E-state index in [4.69, 9.17) is 19.9 Å². The van der Waals surface area contributed by atoms with E-state index in [0.29, 0.717) is 46.2 Å². The first-order valence-corrected chi connectivity index (χ1v) is 9.64. The van der Waals surface area contributed by atoms with Crippen molar-refractivity contribution in [2.45, 2.75) is 20.3 Å². The minimum atomic E-state index is -0.131. The van der Waals surface area contributed by atoms with E-state index in [2.05, 4.69) is 18.7 Å². The molecule has 0 bridgehead atoms. The van der Waals surface area contributed by atoms with Gasteiger partial charge in [0.15, 0.2) is 5.78 Å². The van der Waals surface area contributed by atoms with Crippen molar-refractivity contribution in [3.63, 3.8) is 0 Å². The van der Waals surface area contributed by atoms with Crippen LogP contribution >= 0.6 is 0 Å². The second-order valence-corrected chi connectivity index (χ2v) is 6.68. The van der Waals surface area contributed by atoms with E-state index in [1.54, 1.807) is 19.2 Å². The van der Waals surface area contributed by atoms with Crippen molar-refractivity contribution >= 4 is 11.5 Å². The van der Waals surface area contributed by atoms with Gasteiger partial charge in [-0.2, -0.15) is 0 Å². The monoisotopic (exact) mass is 384 g/mol. The third kappa shape index (κ3) is 3.40. The van der Waals surface area contributed by atoms with Crippen molar-refractivity contribution in [2.24, 2.45) is 0 Å². The number of fused-ring (bicyclic) bond motifs is 3. The molecule has 150 valence electrons. The number of nitrogens with two attached hydrogens (primary N) is 1. The molecule has 28 heavy (non-hydrogen) atoms. The van der Waals surface area contributed by atoms with Gasteiger partial charge in [-0.15, -0.1) is 0 Å². The standard InChI is InChI=1S/C22H28N2O4/c1-5-24(6-2)11-8-12-28-15-10-7-9-14-18(15)19-16(26-3)13-17(27-4)21(23)20(19)22(14)25/h7,9-10,13H,5-6,8,11-12,23H2,1-4H3. The lowest BCUT2D eigenvalue weighted by Crippen LogP contribution is -2.25. The van der Waals surface area contributed by atoms with E-state index < -0.39 is 0 Å². The summed E-state index contributed by atoms with van der Waals surface area (Å²) in [5, 5.41) is 0. The Labute approximate surface area is 166 Å². The molecule has 0 unspecified atom stereocenters. The number of carbonyl (C=O) groups excluding carboxylic acids is 1. The maximum Gasteiger partial charge on any atom is 0.196 e. The Balaban J connectivity index is 1.95. The number of ether oxygens (including phenoxy) is 3. The van der Waals surface area contributed by atoms with Crippen LogP contribution in [0, 0.1) is 0 Å². The van der Waals surface area contributed by atoms with Crippen LogP contribution < -0.4 is 19.9 Å². The molecule has 2 aromatic rings. The van der Waals surface area contributed by atoms with Crippen LogP contribution in [0.1, 0.15) is 36.2 Å². The van der Waals surface area contributed by atoms with Crippen LogP contribution in [0.25, 0.3) is 11.1 Å². The Bertz CT molecular complexity index is 875. The van der Waals surface area contributed by atoms with Gasteiger partial charge in [-0.25, -0.2) is 0 Å². The number of carbonyl (C=O) groups is 1. The second kappa shape index (κ2) is 8.52. The molecule has 0 heterocycles. The zero-order valence-corrected chi connectivity index (χ0v) is 17.0. The summed E-state index contributed by atoms with van der Waals surface area (Å²) in [5.74, 6) is 1.52. The summed E-state index contributed by atoms with van der Waals surface area (Å²) >= 11 is 0. The fourth-order valence-electron chi connectivity index (χ4n) is 3.71. The van der Waals surface area contributed by atoms with Crippen molar-refractivity contribution in [1.82, 2.24) is 4.90 Å². The molecular formula is C22H28N2O4. The van der Waals surface area contributed by atoms with E-state index in [1.165, 1.54) is 7.11 Å².